The third-order valence-electron chi connectivity index (χ3n) is 5.55. The first-order chi connectivity index (χ1) is 14.5. The molecule has 30 heavy (non-hydrogen) atoms. The Kier molecular flexibility index (Phi) is 10.5. The molecule has 0 unspecified atom stereocenters. The molecule has 6 nitrogen and oxygen atoms in total. The van der Waals surface area contributed by atoms with E-state index in [4.69, 9.17) is 4.74 Å². The number of aliphatic hydroxyl groups excluding tert-OH is 1. The minimum absolute atomic E-state index is 0.281. The van der Waals surface area contributed by atoms with Crippen LogP contribution in [0.4, 0.5) is 0 Å². The molecule has 1 atom stereocenters. The zero-order chi connectivity index (χ0) is 21.8. The molecule has 2 rings (SSSR count). The van der Waals surface area contributed by atoms with Crippen molar-refractivity contribution in [1.29, 1.82) is 0 Å². The molecule has 0 radical (unpaired) electrons. The van der Waals surface area contributed by atoms with Gasteiger partial charge in [0.1, 0.15) is 18.5 Å². The first-order valence-electron chi connectivity index (χ1n) is 11.0. The van der Waals surface area contributed by atoms with Crippen LogP contribution in [0.2, 0.25) is 0 Å². The van der Waals surface area contributed by atoms with Gasteiger partial charge in [0.15, 0.2) is 0 Å². The van der Waals surface area contributed by atoms with E-state index in [1.54, 1.807) is 12.2 Å². The number of ether oxygens (including phenoxy) is 1. The smallest absolute Gasteiger partial charge is 0.119 e. The summed E-state index contributed by atoms with van der Waals surface area (Å²) in [7, 11) is 0. The Labute approximate surface area is 181 Å². The lowest BCUT2D eigenvalue weighted by Gasteiger charge is -2.34. The summed E-state index contributed by atoms with van der Waals surface area (Å²) < 4.78 is 5.83. The average molecular weight is 418 g/mol. The van der Waals surface area contributed by atoms with E-state index in [9.17, 15) is 10.2 Å². The molecule has 0 bridgehead atoms. The van der Waals surface area contributed by atoms with Crippen LogP contribution in [-0.2, 0) is 6.54 Å². The number of aliphatic hydroxyl groups is 2. The molecule has 1 saturated heterocycles. The number of hydrogen-bond donors (Lipinski definition) is 3. The molecule has 168 valence electrons. The molecule has 0 saturated carbocycles. The number of benzene rings is 1. The highest BCUT2D eigenvalue weighted by Crippen LogP contribution is 2.17. The Morgan fingerprint density at radius 3 is 2.47 bits per heavy atom. The zero-order valence-electron chi connectivity index (χ0n) is 18.4. The van der Waals surface area contributed by atoms with E-state index in [1.807, 2.05) is 24.3 Å². The quantitative estimate of drug-likeness (QED) is 0.403. The molecule has 1 heterocycles. The minimum atomic E-state index is -0.857. The van der Waals surface area contributed by atoms with Gasteiger partial charge < -0.3 is 25.2 Å². The molecule has 1 aliphatic rings. The Bertz CT molecular complexity index is 634. The highest BCUT2D eigenvalue weighted by Gasteiger charge is 2.23. The van der Waals surface area contributed by atoms with Crippen molar-refractivity contribution in [3.05, 3.63) is 55.1 Å². The highest BCUT2D eigenvalue weighted by atomic mass is 16.5. The second-order valence-electron chi connectivity index (χ2n) is 8.16. The normalized spacial score (nSPS) is 16.9. The fourth-order valence-electron chi connectivity index (χ4n) is 3.78. The Morgan fingerprint density at radius 1 is 1.17 bits per heavy atom. The summed E-state index contributed by atoms with van der Waals surface area (Å²) in [6, 6.07) is 7.84. The third kappa shape index (κ3) is 8.58. The van der Waals surface area contributed by atoms with E-state index in [0.717, 1.165) is 44.0 Å². The van der Waals surface area contributed by atoms with Crippen molar-refractivity contribution in [2.45, 2.75) is 38.0 Å². The molecular weight excluding hydrogens is 378 g/mol. The van der Waals surface area contributed by atoms with Crippen LogP contribution in [0.3, 0.4) is 0 Å². The van der Waals surface area contributed by atoms with Crippen molar-refractivity contribution in [2.24, 2.45) is 0 Å². The summed E-state index contributed by atoms with van der Waals surface area (Å²) in [5.74, 6) is 0.747. The number of nitrogens with zero attached hydrogens (tertiary/aromatic N) is 2. The van der Waals surface area contributed by atoms with Crippen molar-refractivity contribution >= 4 is 0 Å². The molecule has 1 fully saturated rings. The van der Waals surface area contributed by atoms with Crippen molar-refractivity contribution < 1.29 is 14.9 Å². The number of rotatable bonds is 14. The molecule has 1 aromatic carbocycles. The standard InChI is InChI=1S/C24H39N3O3/c1-4-10-24(29,11-5-2)20-25-17-21-8-7-9-23(16-21)30-19-22(28)18-27-14-12-26(6-3)13-15-27/h4-5,7-9,16,22,25,28-29H,1-2,6,10-15,17-20H2,3H3/t22-/m0/s1. The lowest BCUT2D eigenvalue weighted by atomic mass is 9.95. The third-order valence-corrected chi connectivity index (χ3v) is 5.55. The van der Waals surface area contributed by atoms with Gasteiger partial charge in [-0.3, -0.25) is 4.90 Å². The van der Waals surface area contributed by atoms with Crippen LogP contribution in [-0.4, -0.2) is 84.1 Å². The fourth-order valence-corrected chi connectivity index (χ4v) is 3.78. The summed E-state index contributed by atoms with van der Waals surface area (Å²) in [5, 5.41) is 24.2. The van der Waals surface area contributed by atoms with Gasteiger partial charge in [-0.25, -0.2) is 0 Å². The van der Waals surface area contributed by atoms with E-state index >= 15 is 0 Å². The van der Waals surface area contributed by atoms with Crippen LogP contribution in [0.25, 0.3) is 0 Å². The van der Waals surface area contributed by atoms with Crippen LogP contribution >= 0.6 is 0 Å². The Hall–Kier alpha value is -1.70. The molecule has 3 N–H and O–H groups in total. The van der Waals surface area contributed by atoms with E-state index in [0.29, 0.717) is 32.5 Å². The first-order valence-corrected chi connectivity index (χ1v) is 11.0. The first kappa shape index (κ1) is 24.6. The van der Waals surface area contributed by atoms with Crippen LogP contribution < -0.4 is 10.1 Å². The molecule has 0 aromatic heterocycles. The predicted molar refractivity (Wildman–Crippen MR) is 123 cm³/mol. The topological polar surface area (TPSA) is 68.2 Å². The minimum Gasteiger partial charge on any atom is -0.491 e. The van der Waals surface area contributed by atoms with E-state index < -0.39 is 11.7 Å². The van der Waals surface area contributed by atoms with Gasteiger partial charge in [0, 0.05) is 45.8 Å². The highest BCUT2D eigenvalue weighted by molar-refractivity contribution is 5.28. The maximum absolute atomic E-state index is 10.6. The molecule has 0 spiro atoms. The maximum Gasteiger partial charge on any atom is 0.119 e. The molecule has 0 amide bonds. The van der Waals surface area contributed by atoms with Gasteiger partial charge >= 0.3 is 0 Å². The number of hydrogen-bond acceptors (Lipinski definition) is 6. The van der Waals surface area contributed by atoms with Gasteiger partial charge in [0.05, 0.1) is 5.60 Å². The number of nitrogens with one attached hydrogen (secondary N) is 1. The molecule has 1 aliphatic heterocycles. The summed E-state index contributed by atoms with van der Waals surface area (Å²) in [6.45, 7) is 16.8. The summed E-state index contributed by atoms with van der Waals surface area (Å²) in [4.78, 5) is 4.72. The van der Waals surface area contributed by atoms with E-state index in [1.165, 1.54) is 0 Å². The largest absolute Gasteiger partial charge is 0.491 e. The van der Waals surface area contributed by atoms with E-state index in [-0.39, 0.29) is 6.61 Å². The lowest BCUT2D eigenvalue weighted by molar-refractivity contribution is 0.0457. The van der Waals surface area contributed by atoms with E-state index in [2.05, 4.69) is 35.2 Å². The van der Waals surface area contributed by atoms with Gasteiger partial charge in [-0.2, -0.15) is 0 Å². The summed E-state index contributed by atoms with van der Waals surface area (Å²) in [5.41, 5.74) is 0.210. The second kappa shape index (κ2) is 12.9. The zero-order valence-corrected chi connectivity index (χ0v) is 18.4. The number of β-amino-alcohol motifs (C(OH)–C–C–N with tert-alkyl or cyclic N) is 1. The van der Waals surface area contributed by atoms with Gasteiger partial charge in [-0.05, 0) is 37.1 Å². The SMILES string of the molecule is C=CCC(O)(CC=C)CNCc1cccc(OC[C@@H](O)CN2CCN(CC)CC2)c1. The maximum atomic E-state index is 10.6. The fraction of sp³-hybridized carbons (Fsp3) is 0.583. The molecule has 6 heteroatoms. The second-order valence-corrected chi connectivity index (χ2v) is 8.16. The van der Waals surface area contributed by atoms with Crippen molar-refractivity contribution in [3.63, 3.8) is 0 Å². The monoisotopic (exact) mass is 417 g/mol. The van der Waals surface area contributed by atoms with Gasteiger partial charge in [-0.15, -0.1) is 13.2 Å². The Balaban J connectivity index is 1.74. The predicted octanol–water partition coefficient (Wildman–Crippen LogP) is 2.04. The van der Waals surface area contributed by atoms with Crippen molar-refractivity contribution in [1.82, 2.24) is 15.1 Å². The van der Waals surface area contributed by atoms with Crippen molar-refractivity contribution in [2.75, 3.05) is 52.4 Å². The van der Waals surface area contributed by atoms with Gasteiger partial charge in [-0.1, -0.05) is 31.2 Å². The summed E-state index contributed by atoms with van der Waals surface area (Å²) >= 11 is 0. The molecule has 1 aromatic rings. The van der Waals surface area contributed by atoms with Gasteiger partial charge in [0.2, 0.25) is 0 Å². The Morgan fingerprint density at radius 2 is 1.83 bits per heavy atom. The van der Waals surface area contributed by atoms with Crippen molar-refractivity contribution in [3.8, 4) is 5.75 Å². The average Bonchev–Trinajstić information content (AvgIpc) is 2.73. The number of likely N-dealkylation sites (N-methyl/N-ethyl adjacent to an activating group) is 1. The molecular formula is C24H39N3O3. The van der Waals surface area contributed by atoms with Crippen LogP contribution in [0.5, 0.6) is 5.75 Å². The van der Waals surface area contributed by atoms with Crippen LogP contribution in [0, 0.1) is 0 Å². The van der Waals surface area contributed by atoms with Gasteiger partial charge in [0.25, 0.3) is 0 Å². The van der Waals surface area contributed by atoms with Crippen LogP contribution in [0.1, 0.15) is 25.3 Å². The molecule has 0 aliphatic carbocycles. The lowest BCUT2D eigenvalue weighted by Crippen LogP contribution is -2.49. The van der Waals surface area contributed by atoms with Crippen LogP contribution in [0.15, 0.2) is 49.6 Å². The number of piperazine rings is 1. The summed E-state index contributed by atoms with van der Waals surface area (Å²) in [6.07, 6.45) is 3.98.